The van der Waals surface area contributed by atoms with Crippen molar-refractivity contribution in [1.29, 1.82) is 0 Å². The van der Waals surface area contributed by atoms with Crippen molar-refractivity contribution in [3.05, 3.63) is 60.4 Å². The number of nitrogens with zero attached hydrogens (tertiary/aromatic N) is 1. The van der Waals surface area contributed by atoms with Crippen molar-refractivity contribution >= 4 is 17.4 Å². The van der Waals surface area contributed by atoms with E-state index in [4.69, 9.17) is 0 Å². The number of urea groups is 1. The summed E-state index contributed by atoms with van der Waals surface area (Å²) in [6, 6.07) is 15.8. The van der Waals surface area contributed by atoms with Crippen LogP contribution in [0.2, 0.25) is 0 Å². The van der Waals surface area contributed by atoms with Crippen LogP contribution in [0.1, 0.15) is 6.42 Å². The zero-order chi connectivity index (χ0) is 16.1. The van der Waals surface area contributed by atoms with E-state index >= 15 is 0 Å². The van der Waals surface area contributed by atoms with Gasteiger partial charge in [-0.1, -0.05) is 18.2 Å². The van der Waals surface area contributed by atoms with Crippen molar-refractivity contribution in [2.45, 2.75) is 6.42 Å². The second kappa shape index (κ2) is 7.13. The summed E-state index contributed by atoms with van der Waals surface area (Å²) in [7, 11) is 0. The van der Waals surface area contributed by atoms with Gasteiger partial charge in [0.2, 0.25) is 0 Å². The van der Waals surface area contributed by atoms with Gasteiger partial charge in [-0.2, -0.15) is 0 Å². The number of nitrogens with one attached hydrogen (secondary N) is 2. The second-order valence-electron chi connectivity index (χ2n) is 5.78. The molecule has 0 radical (unpaired) electrons. The number of rotatable bonds is 4. The third kappa shape index (κ3) is 4.22. The zero-order valence-corrected chi connectivity index (χ0v) is 12.8. The normalized spacial score (nSPS) is 17.1. The molecule has 2 amide bonds. The van der Waals surface area contributed by atoms with Crippen LogP contribution in [0.5, 0.6) is 0 Å². The highest BCUT2D eigenvalue weighted by Crippen LogP contribution is 2.22. The standard InChI is InChI=1S/C18H20FN3O/c19-15-6-8-16(9-7-15)21-18(23)20-12-14-10-11-22(13-14)17-4-2-1-3-5-17/h1-9,14H,10-13H2,(H2,20,21,23)/t14-/m1/s1. The largest absolute Gasteiger partial charge is 0.371 e. The molecule has 0 bridgehead atoms. The Hall–Kier alpha value is -2.56. The first-order valence-electron chi connectivity index (χ1n) is 7.81. The quantitative estimate of drug-likeness (QED) is 0.908. The molecular formula is C18H20FN3O. The summed E-state index contributed by atoms with van der Waals surface area (Å²) in [5.74, 6) is 0.122. The van der Waals surface area contributed by atoms with Gasteiger partial charge >= 0.3 is 6.03 Å². The van der Waals surface area contributed by atoms with Gasteiger partial charge in [0.15, 0.2) is 0 Å². The van der Waals surface area contributed by atoms with Crippen molar-refractivity contribution in [2.24, 2.45) is 5.92 Å². The highest BCUT2D eigenvalue weighted by atomic mass is 19.1. The van der Waals surface area contributed by atoms with Gasteiger partial charge in [-0.15, -0.1) is 0 Å². The molecule has 2 aromatic carbocycles. The summed E-state index contributed by atoms with van der Waals surface area (Å²) in [4.78, 5) is 14.2. The number of anilines is 2. The maximum atomic E-state index is 12.8. The van der Waals surface area contributed by atoms with Crippen molar-refractivity contribution in [3.63, 3.8) is 0 Å². The lowest BCUT2D eigenvalue weighted by Crippen LogP contribution is -2.34. The molecule has 3 rings (SSSR count). The van der Waals surface area contributed by atoms with Crippen LogP contribution in [0.25, 0.3) is 0 Å². The van der Waals surface area contributed by atoms with Gasteiger partial charge in [-0.05, 0) is 48.7 Å². The fraction of sp³-hybridized carbons (Fsp3) is 0.278. The van der Waals surface area contributed by atoms with E-state index in [1.807, 2.05) is 18.2 Å². The Kier molecular flexibility index (Phi) is 4.76. The van der Waals surface area contributed by atoms with E-state index < -0.39 is 0 Å². The number of carbonyl (C=O) groups excluding carboxylic acids is 1. The molecule has 0 aromatic heterocycles. The van der Waals surface area contributed by atoms with Gasteiger partial charge in [0, 0.05) is 31.0 Å². The van der Waals surface area contributed by atoms with E-state index in [1.165, 1.54) is 17.8 Å². The lowest BCUT2D eigenvalue weighted by molar-refractivity contribution is 0.250. The Morgan fingerprint density at radius 2 is 1.87 bits per heavy atom. The molecular weight excluding hydrogens is 293 g/mol. The van der Waals surface area contributed by atoms with Crippen LogP contribution in [-0.2, 0) is 0 Å². The van der Waals surface area contributed by atoms with E-state index in [0.717, 1.165) is 19.5 Å². The first-order valence-corrected chi connectivity index (χ1v) is 7.81. The van der Waals surface area contributed by atoms with Crippen LogP contribution in [-0.4, -0.2) is 25.7 Å². The molecule has 5 heteroatoms. The molecule has 1 atom stereocenters. The zero-order valence-electron chi connectivity index (χ0n) is 12.8. The minimum absolute atomic E-state index is 0.255. The molecule has 1 heterocycles. The summed E-state index contributed by atoms with van der Waals surface area (Å²) in [6.45, 7) is 2.59. The molecule has 120 valence electrons. The Bertz CT molecular complexity index is 645. The first kappa shape index (κ1) is 15.3. The topological polar surface area (TPSA) is 44.4 Å². The van der Waals surface area contributed by atoms with Crippen molar-refractivity contribution in [1.82, 2.24) is 5.32 Å². The van der Waals surface area contributed by atoms with Crippen LogP contribution in [0, 0.1) is 11.7 Å². The van der Waals surface area contributed by atoms with Crippen LogP contribution < -0.4 is 15.5 Å². The van der Waals surface area contributed by atoms with E-state index in [1.54, 1.807) is 12.1 Å². The van der Waals surface area contributed by atoms with Crippen LogP contribution in [0.3, 0.4) is 0 Å². The number of hydrogen-bond acceptors (Lipinski definition) is 2. The van der Waals surface area contributed by atoms with E-state index in [-0.39, 0.29) is 11.8 Å². The average molecular weight is 313 g/mol. The predicted octanol–water partition coefficient (Wildman–Crippen LogP) is 3.47. The van der Waals surface area contributed by atoms with E-state index in [9.17, 15) is 9.18 Å². The van der Waals surface area contributed by atoms with Crippen molar-refractivity contribution in [2.75, 3.05) is 29.9 Å². The summed E-state index contributed by atoms with van der Waals surface area (Å²) in [5, 5.41) is 5.59. The maximum Gasteiger partial charge on any atom is 0.319 e. The van der Waals surface area contributed by atoms with Gasteiger partial charge in [0.25, 0.3) is 0 Å². The molecule has 0 saturated carbocycles. The Balaban J connectivity index is 1.44. The summed E-state index contributed by atoms with van der Waals surface area (Å²) in [5.41, 5.74) is 1.81. The Labute approximate surface area is 135 Å². The van der Waals surface area contributed by atoms with Gasteiger partial charge in [-0.25, -0.2) is 9.18 Å². The predicted molar refractivity (Wildman–Crippen MR) is 90.2 cm³/mol. The Morgan fingerprint density at radius 3 is 2.61 bits per heavy atom. The highest BCUT2D eigenvalue weighted by Gasteiger charge is 2.22. The number of para-hydroxylation sites is 1. The van der Waals surface area contributed by atoms with Gasteiger partial charge < -0.3 is 15.5 Å². The van der Waals surface area contributed by atoms with Crippen LogP contribution in [0.15, 0.2) is 54.6 Å². The Morgan fingerprint density at radius 1 is 1.13 bits per heavy atom. The monoisotopic (exact) mass is 313 g/mol. The third-order valence-corrected chi connectivity index (χ3v) is 4.06. The smallest absolute Gasteiger partial charge is 0.319 e. The molecule has 4 nitrogen and oxygen atoms in total. The molecule has 2 aromatic rings. The molecule has 23 heavy (non-hydrogen) atoms. The first-order chi connectivity index (χ1) is 11.2. The van der Waals surface area contributed by atoms with Gasteiger partial charge in [0.05, 0.1) is 0 Å². The van der Waals surface area contributed by atoms with Crippen molar-refractivity contribution in [3.8, 4) is 0 Å². The number of halogens is 1. The highest BCUT2D eigenvalue weighted by molar-refractivity contribution is 5.89. The van der Waals surface area contributed by atoms with Gasteiger partial charge in [-0.3, -0.25) is 0 Å². The maximum absolute atomic E-state index is 12.8. The lowest BCUT2D eigenvalue weighted by Gasteiger charge is -2.18. The number of amides is 2. The molecule has 1 aliphatic heterocycles. The lowest BCUT2D eigenvalue weighted by atomic mass is 10.1. The number of hydrogen-bond donors (Lipinski definition) is 2. The molecule has 0 aliphatic carbocycles. The van der Waals surface area contributed by atoms with Gasteiger partial charge in [0.1, 0.15) is 5.82 Å². The minimum atomic E-state index is -0.317. The second-order valence-corrected chi connectivity index (χ2v) is 5.78. The van der Waals surface area contributed by atoms with E-state index in [2.05, 4.69) is 27.7 Å². The molecule has 0 spiro atoms. The summed E-state index contributed by atoms with van der Waals surface area (Å²) < 4.78 is 12.8. The molecule has 1 saturated heterocycles. The third-order valence-electron chi connectivity index (χ3n) is 4.06. The molecule has 2 N–H and O–H groups in total. The number of carbonyl (C=O) groups is 1. The minimum Gasteiger partial charge on any atom is -0.371 e. The number of benzene rings is 2. The molecule has 1 aliphatic rings. The fourth-order valence-electron chi connectivity index (χ4n) is 2.82. The fourth-order valence-corrected chi connectivity index (χ4v) is 2.82. The van der Waals surface area contributed by atoms with Crippen LogP contribution >= 0.6 is 0 Å². The molecule has 0 unspecified atom stereocenters. The SMILES string of the molecule is O=C(NC[C@H]1CCN(c2ccccc2)C1)Nc1ccc(F)cc1. The summed E-state index contributed by atoms with van der Waals surface area (Å²) in [6.07, 6.45) is 1.06. The summed E-state index contributed by atoms with van der Waals surface area (Å²) >= 11 is 0. The van der Waals surface area contributed by atoms with Crippen LogP contribution in [0.4, 0.5) is 20.6 Å². The van der Waals surface area contributed by atoms with Crippen molar-refractivity contribution < 1.29 is 9.18 Å². The average Bonchev–Trinajstić information content (AvgIpc) is 3.05. The molecule has 1 fully saturated rings. The van der Waals surface area contributed by atoms with E-state index in [0.29, 0.717) is 18.2 Å².